The minimum Gasteiger partial charge on any atom is -0.477 e. The number of aromatic carboxylic acids is 1. The molecule has 0 bridgehead atoms. The molecule has 2 aromatic heterocycles. The topological polar surface area (TPSA) is 76.2 Å². The monoisotopic (exact) mass is 328 g/mol. The van der Waals surface area contributed by atoms with Crippen LogP contribution in [0.2, 0.25) is 0 Å². The molecule has 0 saturated carbocycles. The maximum atomic E-state index is 11.6. The van der Waals surface area contributed by atoms with E-state index in [1.165, 1.54) is 11.3 Å². The molecular weight excluding hydrogens is 312 g/mol. The van der Waals surface area contributed by atoms with Gasteiger partial charge >= 0.3 is 5.97 Å². The summed E-state index contributed by atoms with van der Waals surface area (Å²) in [4.78, 5) is 16.4. The minimum absolute atomic E-state index is 0.265. The van der Waals surface area contributed by atoms with Gasteiger partial charge in [0.1, 0.15) is 10.6 Å². The molecule has 2 heterocycles. The van der Waals surface area contributed by atoms with Crippen molar-refractivity contribution in [3.05, 3.63) is 56.7 Å². The van der Waals surface area contributed by atoms with Crippen LogP contribution in [-0.4, -0.2) is 21.2 Å². The standard InChI is InChI=1S/C17H16N2O3S/c1-9-6-4-5-7-12(9)15-16(17(20)21)23-14(18-15)8-13-10(2)19-22-11(13)3/h4-7H,8H2,1-3H3,(H,20,21). The van der Waals surface area contributed by atoms with Crippen LogP contribution < -0.4 is 0 Å². The zero-order valence-corrected chi connectivity index (χ0v) is 13.9. The van der Waals surface area contributed by atoms with Gasteiger partial charge in [0, 0.05) is 17.5 Å². The molecule has 0 aliphatic carbocycles. The molecule has 0 saturated heterocycles. The van der Waals surface area contributed by atoms with E-state index in [2.05, 4.69) is 10.1 Å². The van der Waals surface area contributed by atoms with E-state index in [1.54, 1.807) is 0 Å². The fourth-order valence-corrected chi connectivity index (χ4v) is 3.44. The van der Waals surface area contributed by atoms with Crippen molar-refractivity contribution in [2.24, 2.45) is 0 Å². The van der Waals surface area contributed by atoms with Gasteiger partial charge in [-0.2, -0.15) is 0 Å². The van der Waals surface area contributed by atoms with E-state index in [0.717, 1.165) is 33.2 Å². The van der Waals surface area contributed by atoms with Crippen molar-refractivity contribution in [2.45, 2.75) is 27.2 Å². The second-order valence-corrected chi connectivity index (χ2v) is 6.47. The fourth-order valence-electron chi connectivity index (χ4n) is 2.51. The number of hydrogen-bond acceptors (Lipinski definition) is 5. The van der Waals surface area contributed by atoms with E-state index in [-0.39, 0.29) is 4.88 Å². The molecule has 0 unspecified atom stereocenters. The number of carboxylic acids is 1. The van der Waals surface area contributed by atoms with Gasteiger partial charge in [0.05, 0.1) is 16.4 Å². The third kappa shape index (κ3) is 2.90. The molecule has 0 spiro atoms. The molecular formula is C17H16N2O3S. The Labute approximate surface area is 137 Å². The van der Waals surface area contributed by atoms with Gasteiger partial charge in [-0.25, -0.2) is 9.78 Å². The number of rotatable bonds is 4. The lowest BCUT2D eigenvalue weighted by atomic mass is 10.1. The number of hydrogen-bond donors (Lipinski definition) is 1. The van der Waals surface area contributed by atoms with E-state index in [0.29, 0.717) is 12.1 Å². The predicted octanol–water partition coefficient (Wildman–Crippen LogP) is 4.01. The Morgan fingerprint density at radius 2 is 2.00 bits per heavy atom. The molecule has 0 amide bonds. The summed E-state index contributed by atoms with van der Waals surface area (Å²) in [6.07, 6.45) is 0.526. The predicted molar refractivity (Wildman–Crippen MR) is 88.0 cm³/mol. The first kappa shape index (κ1) is 15.4. The molecule has 0 atom stereocenters. The number of nitrogens with zero attached hydrogens (tertiary/aromatic N) is 2. The normalized spacial score (nSPS) is 10.9. The SMILES string of the molecule is Cc1ccccc1-c1nc(Cc2c(C)noc2C)sc1C(=O)O. The molecule has 3 rings (SSSR count). The van der Waals surface area contributed by atoms with Gasteiger partial charge in [-0.05, 0) is 26.3 Å². The van der Waals surface area contributed by atoms with Crippen LogP contribution in [0.4, 0.5) is 0 Å². The second-order valence-electron chi connectivity index (χ2n) is 5.38. The molecule has 5 nitrogen and oxygen atoms in total. The third-order valence-electron chi connectivity index (χ3n) is 3.78. The summed E-state index contributed by atoms with van der Waals surface area (Å²) in [6, 6.07) is 7.67. The van der Waals surface area contributed by atoms with Crippen LogP contribution in [0.5, 0.6) is 0 Å². The van der Waals surface area contributed by atoms with Gasteiger partial charge in [-0.15, -0.1) is 11.3 Å². The lowest BCUT2D eigenvalue weighted by molar-refractivity contribution is 0.0702. The van der Waals surface area contributed by atoms with E-state index < -0.39 is 5.97 Å². The van der Waals surface area contributed by atoms with Crippen molar-refractivity contribution < 1.29 is 14.4 Å². The number of thiazole rings is 1. The molecule has 3 aromatic rings. The highest BCUT2D eigenvalue weighted by molar-refractivity contribution is 7.14. The number of aryl methyl sites for hydroxylation is 3. The Balaban J connectivity index is 2.07. The molecule has 23 heavy (non-hydrogen) atoms. The highest BCUT2D eigenvalue weighted by Gasteiger charge is 2.21. The lowest BCUT2D eigenvalue weighted by Gasteiger charge is -2.03. The third-order valence-corrected chi connectivity index (χ3v) is 4.82. The Morgan fingerprint density at radius 1 is 1.26 bits per heavy atom. The molecule has 118 valence electrons. The quantitative estimate of drug-likeness (QED) is 0.783. The maximum Gasteiger partial charge on any atom is 0.348 e. The minimum atomic E-state index is -0.953. The Hall–Kier alpha value is -2.47. The summed E-state index contributed by atoms with van der Waals surface area (Å²) in [6.45, 7) is 5.68. The first-order chi connectivity index (χ1) is 11.0. The van der Waals surface area contributed by atoms with Crippen LogP contribution in [0, 0.1) is 20.8 Å². The largest absolute Gasteiger partial charge is 0.477 e. The average Bonchev–Trinajstić information content (AvgIpc) is 3.07. The van der Waals surface area contributed by atoms with Gasteiger partial charge in [0.15, 0.2) is 0 Å². The van der Waals surface area contributed by atoms with Crippen LogP contribution in [0.15, 0.2) is 28.8 Å². The van der Waals surface area contributed by atoms with Gasteiger partial charge in [-0.3, -0.25) is 0 Å². The lowest BCUT2D eigenvalue weighted by Crippen LogP contribution is -1.96. The smallest absolute Gasteiger partial charge is 0.348 e. The zero-order valence-electron chi connectivity index (χ0n) is 13.1. The van der Waals surface area contributed by atoms with Crippen molar-refractivity contribution in [2.75, 3.05) is 0 Å². The van der Waals surface area contributed by atoms with Gasteiger partial charge < -0.3 is 9.63 Å². The molecule has 1 N–H and O–H groups in total. The van der Waals surface area contributed by atoms with Crippen LogP contribution in [0.1, 0.15) is 37.3 Å². The summed E-state index contributed by atoms with van der Waals surface area (Å²) < 4.78 is 5.17. The summed E-state index contributed by atoms with van der Waals surface area (Å²) >= 11 is 1.21. The van der Waals surface area contributed by atoms with E-state index in [1.807, 2.05) is 45.0 Å². The van der Waals surface area contributed by atoms with Gasteiger partial charge in [0.2, 0.25) is 0 Å². The first-order valence-corrected chi connectivity index (χ1v) is 7.99. The summed E-state index contributed by atoms with van der Waals surface area (Å²) in [5, 5.41) is 14.2. The van der Waals surface area contributed by atoms with E-state index in [4.69, 9.17) is 4.52 Å². The molecule has 6 heteroatoms. The fraction of sp³-hybridized carbons (Fsp3) is 0.235. The van der Waals surface area contributed by atoms with Crippen LogP contribution >= 0.6 is 11.3 Å². The molecule has 1 aromatic carbocycles. The van der Waals surface area contributed by atoms with Crippen LogP contribution in [0.3, 0.4) is 0 Å². The zero-order chi connectivity index (χ0) is 16.6. The van der Waals surface area contributed by atoms with Gasteiger partial charge in [0.25, 0.3) is 0 Å². The van der Waals surface area contributed by atoms with E-state index in [9.17, 15) is 9.90 Å². The Bertz CT molecular complexity index is 860. The van der Waals surface area contributed by atoms with Crippen molar-refractivity contribution in [3.8, 4) is 11.3 Å². The van der Waals surface area contributed by atoms with Crippen molar-refractivity contribution in [1.29, 1.82) is 0 Å². The van der Waals surface area contributed by atoms with Gasteiger partial charge in [-0.1, -0.05) is 29.4 Å². The summed E-state index contributed by atoms with van der Waals surface area (Å²) in [7, 11) is 0. The molecule has 0 aliphatic heterocycles. The highest BCUT2D eigenvalue weighted by Crippen LogP contribution is 2.32. The summed E-state index contributed by atoms with van der Waals surface area (Å²) in [5.41, 5.74) is 4.16. The number of aromatic nitrogens is 2. The Kier molecular flexibility index (Phi) is 4.00. The maximum absolute atomic E-state index is 11.6. The highest BCUT2D eigenvalue weighted by atomic mass is 32.1. The second kappa shape index (κ2) is 5.96. The van der Waals surface area contributed by atoms with E-state index >= 15 is 0 Å². The van der Waals surface area contributed by atoms with Crippen LogP contribution in [0.25, 0.3) is 11.3 Å². The molecule has 0 aliphatic rings. The van der Waals surface area contributed by atoms with Crippen LogP contribution in [-0.2, 0) is 6.42 Å². The average molecular weight is 328 g/mol. The number of carbonyl (C=O) groups is 1. The van der Waals surface area contributed by atoms with Crippen molar-refractivity contribution in [1.82, 2.24) is 10.1 Å². The molecule has 0 radical (unpaired) electrons. The number of benzene rings is 1. The summed E-state index contributed by atoms with van der Waals surface area (Å²) in [5.74, 6) is -0.210. The Morgan fingerprint density at radius 3 is 2.61 bits per heavy atom. The van der Waals surface area contributed by atoms with Crippen molar-refractivity contribution in [3.63, 3.8) is 0 Å². The van der Waals surface area contributed by atoms with Crippen molar-refractivity contribution >= 4 is 17.3 Å². The number of carboxylic acid groups (broad SMARTS) is 1. The molecule has 0 fully saturated rings. The first-order valence-electron chi connectivity index (χ1n) is 7.18.